The molecule has 4 heteroatoms. The molecule has 1 aliphatic rings. The molecule has 0 atom stereocenters. The highest BCUT2D eigenvalue weighted by atomic mass is 16.5. The molecule has 110 valence electrons. The van der Waals surface area contributed by atoms with Gasteiger partial charge in [-0.25, -0.2) is 9.97 Å². The van der Waals surface area contributed by atoms with Crippen LogP contribution < -0.4 is 5.32 Å². The summed E-state index contributed by atoms with van der Waals surface area (Å²) in [6.45, 7) is 4.44. The zero-order valence-corrected chi connectivity index (χ0v) is 12.4. The van der Waals surface area contributed by atoms with E-state index in [2.05, 4.69) is 45.6 Å². The van der Waals surface area contributed by atoms with Crippen LogP contribution in [-0.2, 0) is 10.2 Å². The third-order valence-electron chi connectivity index (χ3n) is 4.22. The zero-order chi connectivity index (χ0) is 14.5. The topological polar surface area (TPSA) is 47.0 Å². The molecule has 21 heavy (non-hydrogen) atoms. The Morgan fingerprint density at radius 3 is 2.62 bits per heavy atom. The maximum Gasteiger partial charge on any atom is 0.222 e. The molecule has 0 spiro atoms. The van der Waals surface area contributed by atoms with Crippen molar-refractivity contribution in [1.29, 1.82) is 0 Å². The first-order chi connectivity index (χ1) is 10.3. The van der Waals surface area contributed by atoms with Gasteiger partial charge in [0.15, 0.2) is 0 Å². The third kappa shape index (κ3) is 3.22. The molecular formula is C17H21N3O. The number of anilines is 1. The summed E-state index contributed by atoms with van der Waals surface area (Å²) in [6, 6.07) is 12.6. The molecule has 0 radical (unpaired) electrons. The average Bonchev–Trinajstić information content (AvgIpc) is 2.55. The van der Waals surface area contributed by atoms with Crippen LogP contribution in [0.1, 0.15) is 24.1 Å². The van der Waals surface area contributed by atoms with Crippen LogP contribution in [0, 0.1) is 6.92 Å². The monoisotopic (exact) mass is 283 g/mol. The number of aromatic nitrogens is 2. The van der Waals surface area contributed by atoms with Gasteiger partial charge in [-0.15, -0.1) is 0 Å². The summed E-state index contributed by atoms with van der Waals surface area (Å²) in [6.07, 6.45) is 3.84. The summed E-state index contributed by atoms with van der Waals surface area (Å²) in [5.74, 6) is 0.705. The molecule has 2 heterocycles. The minimum absolute atomic E-state index is 0.104. The predicted octanol–water partition coefficient (Wildman–Crippen LogP) is 2.95. The number of ether oxygens (including phenoxy) is 1. The molecule has 0 amide bonds. The second kappa shape index (κ2) is 6.22. The Hall–Kier alpha value is -1.94. The standard InChI is InChI=1S/C17H21N3O/c1-14-7-10-18-16(20-14)19-13-17(8-11-21-12-9-17)15-5-3-2-4-6-15/h2-7,10H,8-9,11-13H2,1H3,(H,18,19,20). The fourth-order valence-corrected chi connectivity index (χ4v) is 2.90. The highest BCUT2D eigenvalue weighted by molar-refractivity contribution is 5.32. The van der Waals surface area contributed by atoms with E-state index in [0.29, 0.717) is 5.95 Å². The van der Waals surface area contributed by atoms with Gasteiger partial charge in [-0.2, -0.15) is 0 Å². The Morgan fingerprint density at radius 2 is 1.90 bits per heavy atom. The van der Waals surface area contributed by atoms with Crippen LogP contribution in [0.5, 0.6) is 0 Å². The lowest BCUT2D eigenvalue weighted by Crippen LogP contribution is -2.40. The normalized spacial score (nSPS) is 17.4. The van der Waals surface area contributed by atoms with Gasteiger partial charge in [0, 0.05) is 37.1 Å². The quantitative estimate of drug-likeness (QED) is 0.937. The Kier molecular flexibility index (Phi) is 4.15. The van der Waals surface area contributed by atoms with E-state index in [1.807, 2.05) is 13.0 Å². The van der Waals surface area contributed by atoms with Gasteiger partial charge in [0.25, 0.3) is 0 Å². The van der Waals surface area contributed by atoms with Gasteiger partial charge in [0.05, 0.1) is 0 Å². The maximum absolute atomic E-state index is 5.56. The summed E-state index contributed by atoms with van der Waals surface area (Å²) >= 11 is 0. The Morgan fingerprint density at radius 1 is 1.14 bits per heavy atom. The van der Waals surface area contributed by atoms with Gasteiger partial charge in [-0.1, -0.05) is 30.3 Å². The van der Waals surface area contributed by atoms with Crippen molar-refractivity contribution in [2.45, 2.75) is 25.2 Å². The molecule has 0 saturated carbocycles. The average molecular weight is 283 g/mol. The lowest BCUT2D eigenvalue weighted by atomic mass is 9.74. The number of benzene rings is 1. The molecule has 0 unspecified atom stereocenters. The smallest absolute Gasteiger partial charge is 0.222 e. The van der Waals surface area contributed by atoms with Crippen LogP contribution in [0.2, 0.25) is 0 Å². The van der Waals surface area contributed by atoms with Crippen molar-refractivity contribution in [3.8, 4) is 0 Å². The molecule has 1 saturated heterocycles. The summed E-state index contributed by atoms with van der Waals surface area (Å²) < 4.78 is 5.56. The number of aryl methyl sites for hydroxylation is 1. The van der Waals surface area contributed by atoms with Crippen LogP contribution in [-0.4, -0.2) is 29.7 Å². The summed E-state index contributed by atoms with van der Waals surface area (Å²) in [4.78, 5) is 8.72. The van der Waals surface area contributed by atoms with Crippen LogP contribution in [0.3, 0.4) is 0 Å². The van der Waals surface area contributed by atoms with Crippen molar-refractivity contribution in [3.05, 3.63) is 53.9 Å². The minimum Gasteiger partial charge on any atom is -0.381 e. The maximum atomic E-state index is 5.56. The summed E-state index contributed by atoms with van der Waals surface area (Å²) in [7, 11) is 0. The van der Waals surface area contributed by atoms with Gasteiger partial charge in [0.1, 0.15) is 0 Å². The molecule has 0 aliphatic carbocycles. The molecule has 1 fully saturated rings. The van der Waals surface area contributed by atoms with Crippen molar-refractivity contribution in [2.75, 3.05) is 25.1 Å². The van der Waals surface area contributed by atoms with Gasteiger partial charge in [-0.05, 0) is 31.4 Å². The van der Waals surface area contributed by atoms with Crippen LogP contribution >= 0.6 is 0 Å². The van der Waals surface area contributed by atoms with E-state index in [1.54, 1.807) is 6.20 Å². The fraction of sp³-hybridized carbons (Fsp3) is 0.412. The van der Waals surface area contributed by atoms with E-state index < -0.39 is 0 Å². The van der Waals surface area contributed by atoms with Crippen molar-refractivity contribution < 1.29 is 4.74 Å². The van der Waals surface area contributed by atoms with E-state index >= 15 is 0 Å². The van der Waals surface area contributed by atoms with E-state index in [0.717, 1.165) is 38.3 Å². The summed E-state index contributed by atoms with van der Waals surface area (Å²) in [5, 5.41) is 3.42. The first-order valence-electron chi connectivity index (χ1n) is 7.45. The fourth-order valence-electron chi connectivity index (χ4n) is 2.90. The molecule has 1 N–H and O–H groups in total. The van der Waals surface area contributed by atoms with Crippen LogP contribution in [0.4, 0.5) is 5.95 Å². The summed E-state index contributed by atoms with van der Waals surface area (Å²) in [5.41, 5.74) is 2.45. The Labute approximate surface area is 125 Å². The largest absolute Gasteiger partial charge is 0.381 e. The molecule has 1 aromatic heterocycles. The number of nitrogens with one attached hydrogen (secondary N) is 1. The van der Waals surface area contributed by atoms with Gasteiger partial charge in [-0.3, -0.25) is 0 Å². The van der Waals surface area contributed by atoms with Gasteiger partial charge < -0.3 is 10.1 Å². The molecule has 4 nitrogen and oxygen atoms in total. The van der Waals surface area contributed by atoms with E-state index in [4.69, 9.17) is 4.74 Å². The lowest BCUT2D eigenvalue weighted by Gasteiger charge is -2.38. The van der Waals surface area contributed by atoms with Crippen molar-refractivity contribution >= 4 is 5.95 Å². The Bertz CT molecular complexity index is 580. The van der Waals surface area contributed by atoms with Crippen molar-refractivity contribution in [1.82, 2.24) is 9.97 Å². The first kappa shape index (κ1) is 14.0. The third-order valence-corrected chi connectivity index (χ3v) is 4.22. The van der Waals surface area contributed by atoms with Gasteiger partial charge >= 0.3 is 0 Å². The lowest BCUT2D eigenvalue weighted by molar-refractivity contribution is 0.0543. The second-order valence-electron chi connectivity index (χ2n) is 5.63. The SMILES string of the molecule is Cc1ccnc(NCC2(c3ccccc3)CCOCC2)n1. The second-order valence-corrected chi connectivity index (χ2v) is 5.63. The number of hydrogen-bond acceptors (Lipinski definition) is 4. The Balaban J connectivity index is 1.80. The van der Waals surface area contributed by atoms with Crippen molar-refractivity contribution in [3.63, 3.8) is 0 Å². The van der Waals surface area contributed by atoms with Gasteiger partial charge in [0.2, 0.25) is 5.95 Å². The molecule has 2 aromatic rings. The van der Waals surface area contributed by atoms with Crippen molar-refractivity contribution in [2.24, 2.45) is 0 Å². The minimum atomic E-state index is 0.104. The van der Waals surface area contributed by atoms with E-state index in [1.165, 1.54) is 5.56 Å². The number of rotatable bonds is 4. The first-order valence-corrected chi connectivity index (χ1v) is 7.45. The zero-order valence-electron chi connectivity index (χ0n) is 12.4. The number of nitrogens with zero attached hydrogens (tertiary/aromatic N) is 2. The molecule has 1 aliphatic heterocycles. The molecule has 0 bridgehead atoms. The molecular weight excluding hydrogens is 262 g/mol. The molecule has 3 rings (SSSR count). The van der Waals surface area contributed by atoms with Crippen LogP contribution in [0.15, 0.2) is 42.6 Å². The van der Waals surface area contributed by atoms with E-state index in [-0.39, 0.29) is 5.41 Å². The number of hydrogen-bond donors (Lipinski definition) is 1. The van der Waals surface area contributed by atoms with E-state index in [9.17, 15) is 0 Å². The predicted molar refractivity (Wildman–Crippen MR) is 83.4 cm³/mol. The highest BCUT2D eigenvalue weighted by Gasteiger charge is 2.34. The molecule has 1 aromatic carbocycles. The highest BCUT2D eigenvalue weighted by Crippen LogP contribution is 2.34. The van der Waals surface area contributed by atoms with Crippen LogP contribution in [0.25, 0.3) is 0 Å².